The molecule has 0 amide bonds. The largest absolute Gasteiger partial charge is 0.387 e. The lowest BCUT2D eigenvalue weighted by atomic mass is 10.7. The van der Waals surface area contributed by atoms with E-state index in [0.717, 1.165) is 9.99 Å². The van der Waals surface area contributed by atoms with Crippen molar-refractivity contribution in [1.29, 1.82) is 0 Å². The lowest BCUT2D eigenvalue weighted by Gasteiger charge is -1.84. The first-order valence-electron chi connectivity index (χ1n) is 3.19. The Labute approximate surface area is 72.9 Å². The number of nitrogens with zero attached hydrogens (tertiary/aromatic N) is 2. The zero-order chi connectivity index (χ0) is 7.68. The number of thioether (sulfide) groups is 1. The molecule has 0 saturated carbocycles. The summed E-state index contributed by atoms with van der Waals surface area (Å²) in [7, 11) is 0. The molecule has 56 valence electrons. The molecular weight excluding hydrogens is 176 g/mol. The SMILES string of the molecule is CSc1cc[n+]2ccsc2n1. The maximum absolute atomic E-state index is 4.40. The van der Waals surface area contributed by atoms with Crippen LogP contribution in [0.3, 0.4) is 0 Å². The summed E-state index contributed by atoms with van der Waals surface area (Å²) in [6, 6.07) is 2.02. The molecular formula is C7H7N2S2+. The van der Waals surface area contributed by atoms with Crippen LogP contribution >= 0.6 is 23.1 Å². The van der Waals surface area contributed by atoms with Crippen LogP contribution in [0.4, 0.5) is 0 Å². The van der Waals surface area contributed by atoms with Gasteiger partial charge in [-0.15, -0.1) is 0 Å². The molecule has 0 fully saturated rings. The minimum atomic E-state index is 1.05. The molecule has 2 nitrogen and oxygen atoms in total. The van der Waals surface area contributed by atoms with Gasteiger partial charge in [-0.1, -0.05) is 23.1 Å². The monoisotopic (exact) mass is 183 g/mol. The topological polar surface area (TPSA) is 17.0 Å². The predicted octanol–water partition coefficient (Wildman–Crippen LogP) is 1.60. The summed E-state index contributed by atoms with van der Waals surface area (Å²) in [6.45, 7) is 0. The number of hydrogen-bond acceptors (Lipinski definition) is 3. The van der Waals surface area contributed by atoms with Gasteiger partial charge in [-0.25, -0.2) is 0 Å². The maximum Gasteiger partial charge on any atom is 0.387 e. The second-order valence-corrected chi connectivity index (χ2v) is 3.76. The molecule has 0 aliphatic rings. The van der Waals surface area contributed by atoms with E-state index in [9.17, 15) is 0 Å². The normalized spacial score (nSPS) is 10.6. The Hall–Kier alpha value is -0.610. The smallest absolute Gasteiger partial charge is 0.193 e. The second-order valence-electron chi connectivity index (χ2n) is 2.06. The number of rotatable bonds is 1. The molecule has 11 heavy (non-hydrogen) atoms. The highest BCUT2D eigenvalue weighted by molar-refractivity contribution is 7.98. The minimum absolute atomic E-state index is 1.05. The van der Waals surface area contributed by atoms with E-state index >= 15 is 0 Å². The Morgan fingerprint density at radius 2 is 2.45 bits per heavy atom. The molecule has 0 aliphatic carbocycles. The average Bonchev–Trinajstić information content (AvgIpc) is 2.50. The Morgan fingerprint density at radius 3 is 3.27 bits per heavy atom. The molecule has 0 unspecified atom stereocenters. The summed E-state index contributed by atoms with van der Waals surface area (Å²) in [5.74, 6) is 0. The highest BCUT2D eigenvalue weighted by atomic mass is 32.2. The molecule has 0 bridgehead atoms. The number of thiazole rings is 1. The van der Waals surface area contributed by atoms with Crippen molar-refractivity contribution < 1.29 is 4.40 Å². The van der Waals surface area contributed by atoms with E-state index in [1.54, 1.807) is 23.1 Å². The van der Waals surface area contributed by atoms with E-state index in [-0.39, 0.29) is 0 Å². The van der Waals surface area contributed by atoms with Crippen LogP contribution in [0.5, 0.6) is 0 Å². The lowest BCUT2D eigenvalue weighted by Crippen LogP contribution is -2.17. The van der Waals surface area contributed by atoms with Crippen LogP contribution in [-0.2, 0) is 0 Å². The van der Waals surface area contributed by atoms with Gasteiger partial charge in [0.2, 0.25) is 5.03 Å². The fraction of sp³-hybridized carbons (Fsp3) is 0.143. The van der Waals surface area contributed by atoms with Crippen LogP contribution in [0.25, 0.3) is 4.96 Å². The van der Waals surface area contributed by atoms with E-state index in [0.29, 0.717) is 0 Å². The van der Waals surface area contributed by atoms with E-state index < -0.39 is 0 Å². The number of fused-ring (bicyclic) bond motifs is 1. The third kappa shape index (κ3) is 1.23. The molecule has 2 aromatic rings. The first-order valence-corrected chi connectivity index (χ1v) is 5.30. The van der Waals surface area contributed by atoms with Crippen molar-refractivity contribution in [3.8, 4) is 0 Å². The van der Waals surface area contributed by atoms with E-state index in [2.05, 4.69) is 4.98 Å². The summed E-state index contributed by atoms with van der Waals surface area (Å²) in [4.78, 5) is 5.45. The summed E-state index contributed by atoms with van der Waals surface area (Å²) in [6.07, 6.45) is 6.08. The minimum Gasteiger partial charge on any atom is -0.193 e. The van der Waals surface area contributed by atoms with Gasteiger partial charge in [0.05, 0.1) is 0 Å². The predicted molar refractivity (Wildman–Crippen MR) is 47.1 cm³/mol. The summed E-state index contributed by atoms with van der Waals surface area (Å²) >= 11 is 3.32. The van der Waals surface area contributed by atoms with Gasteiger partial charge < -0.3 is 0 Å². The van der Waals surface area contributed by atoms with Crippen LogP contribution in [-0.4, -0.2) is 11.2 Å². The third-order valence-corrected chi connectivity index (χ3v) is 2.82. The lowest BCUT2D eigenvalue weighted by molar-refractivity contribution is -0.510. The van der Waals surface area contributed by atoms with Gasteiger partial charge in [-0.05, 0) is 11.2 Å². The van der Waals surface area contributed by atoms with Crippen LogP contribution in [0.15, 0.2) is 28.9 Å². The number of aromatic nitrogens is 2. The summed E-state index contributed by atoms with van der Waals surface area (Å²) < 4.78 is 2.02. The van der Waals surface area contributed by atoms with Crippen molar-refractivity contribution in [1.82, 2.24) is 4.98 Å². The van der Waals surface area contributed by atoms with Crippen molar-refractivity contribution >= 4 is 28.1 Å². The first-order chi connectivity index (χ1) is 5.40. The highest BCUT2D eigenvalue weighted by Gasteiger charge is 2.06. The molecule has 2 rings (SSSR count). The fourth-order valence-corrected chi connectivity index (χ4v) is 2.01. The van der Waals surface area contributed by atoms with E-state index in [1.165, 1.54) is 0 Å². The van der Waals surface area contributed by atoms with E-state index in [1.807, 2.05) is 34.5 Å². The Morgan fingerprint density at radius 1 is 1.55 bits per heavy atom. The molecule has 0 aromatic carbocycles. The van der Waals surface area contributed by atoms with Crippen molar-refractivity contribution in [2.45, 2.75) is 5.03 Å². The molecule has 2 aromatic heterocycles. The molecule has 0 atom stereocenters. The first kappa shape index (κ1) is 7.06. The third-order valence-electron chi connectivity index (χ3n) is 1.41. The molecule has 0 N–H and O–H groups in total. The number of hydrogen-bond donors (Lipinski definition) is 0. The molecule has 0 aliphatic heterocycles. The Kier molecular flexibility index (Phi) is 1.79. The van der Waals surface area contributed by atoms with Crippen LogP contribution in [0.1, 0.15) is 0 Å². The van der Waals surface area contributed by atoms with Gasteiger partial charge in [0.1, 0.15) is 12.4 Å². The van der Waals surface area contributed by atoms with Crippen molar-refractivity contribution in [3.63, 3.8) is 0 Å². The zero-order valence-corrected chi connectivity index (χ0v) is 7.65. The Balaban J connectivity index is 2.67. The fourth-order valence-electron chi connectivity index (χ4n) is 0.868. The van der Waals surface area contributed by atoms with Crippen molar-refractivity contribution in [2.24, 2.45) is 0 Å². The van der Waals surface area contributed by atoms with Crippen LogP contribution in [0.2, 0.25) is 0 Å². The molecule has 4 heteroatoms. The van der Waals surface area contributed by atoms with Crippen LogP contribution < -0.4 is 4.40 Å². The maximum atomic E-state index is 4.40. The second kappa shape index (κ2) is 2.79. The summed E-state index contributed by atoms with van der Waals surface area (Å²) in [5.41, 5.74) is 0. The van der Waals surface area contributed by atoms with Crippen molar-refractivity contribution in [2.75, 3.05) is 6.26 Å². The zero-order valence-electron chi connectivity index (χ0n) is 6.02. The van der Waals surface area contributed by atoms with Crippen molar-refractivity contribution in [3.05, 3.63) is 23.8 Å². The van der Waals surface area contributed by atoms with Crippen LogP contribution in [0, 0.1) is 0 Å². The quantitative estimate of drug-likeness (QED) is 0.379. The van der Waals surface area contributed by atoms with E-state index in [4.69, 9.17) is 0 Å². The summed E-state index contributed by atoms with van der Waals surface area (Å²) in [5, 5.41) is 3.11. The van der Waals surface area contributed by atoms with Gasteiger partial charge >= 0.3 is 4.96 Å². The molecule has 2 heterocycles. The standard InChI is InChI=1S/C7H7N2S2/c1-10-6-2-3-9-4-5-11-7(9)8-6/h2-5H,1H3/q+1. The average molecular weight is 183 g/mol. The molecule has 0 radical (unpaired) electrons. The van der Waals surface area contributed by atoms with Gasteiger partial charge in [0.25, 0.3) is 0 Å². The van der Waals surface area contributed by atoms with Gasteiger partial charge in [0, 0.05) is 11.4 Å². The van der Waals surface area contributed by atoms with Gasteiger partial charge in [0.15, 0.2) is 0 Å². The highest BCUT2D eigenvalue weighted by Crippen LogP contribution is 2.11. The van der Waals surface area contributed by atoms with Gasteiger partial charge in [-0.2, -0.15) is 4.40 Å². The Bertz CT molecular complexity index is 369. The molecule has 0 spiro atoms. The molecule has 0 saturated heterocycles. The van der Waals surface area contributed by atoms with Gasteiger partial charge in [-0.3, -0.25) is 0 Å².